The molecule has 0 bridgehead atoms. The first-order chi connectivity index (χ1) is 7.77. The highest BCUT2D eigenvalue weighted by molar-refractivity contribution is 9.10. The standard InChI is InChI=1S/C10H14BrFN2O2S.ClH/c1-6-3-9(12)8(11)4-10(6)17(15,16)14-7(2)5-13;/h3-4,7,14H,5,13H2,1-2H3;1H/t7-;/m0./s1. The molecule has 0 radical (unpaired) electrons. The lowest BCUT2D eigenvalue weighted by molar-refractivity contribution is 0.561. The number of rotatable bonds is 4. The number of hydrogen-bond acceptors (Lipinski definition) is 3. The first kappa shape index (κ1) is 17.8. The van der Waals surface area contributed by atoms with Gasteiger partial charge in [-0.1, -0.05) is 0 Å². The molecule has 1 atom stereocenters. The van der Waals surface area contributed by atoms with Crippen molar-refractivity contribution < 1.29 is 12.8 Å². The van der Waals surface area contributed by atoms with Crippen molar-refractivity contribution in [1.82, 2.24) is 4.72 Å². The Morgan fingerprint density at radius 1 is 1.50 bits per heavy atom. The maximum Gasteiger partial charge on any atom is 0.241 e. The van der Waals surface area contributed by atoms with Gasteiger partial charge in [0.1, 0.15) is 5.82 Å². The van der Waals surface area contributed by atoms with Crippen LogP contribution in [0, 0.1) is 12.7 Å². The quantitative estimate of drug-likeness (QED) is 0.861. The third-order valence-electron chi connectivity index (χ3n) is 2.22. The average molecular weight is 362 g/mol. The van der Waals surface area contributed by atoms with Crippen LogP contribution < -0.4 is 10.5 Å². The Hall–Kier alpha value is -0.210. The predicted molar refractivity (Wildman–Crippen MR) is 74.9 cm³/mol. The molecule has 18 heavy (non-hydrogen) atoms. The van der Waals surface area contributed by atoms with E-state index in [0.717, 1.165) is 0 Å². The number of aryl methyl sites for hydroxylation is 1. The Morgan fingerprint density at radius 2 is 2.06 bits per heavy atom. The van der Waals surface area contributed by atoms with Crippen LogP contribution >= 0.6 is 28.3 Å². The van der Waals surface area contributed by atoms with E-state index in [9.17, 15) is 12.8 Å². The summed E-state index contributed by atoms with van der Waals surface area (Å²) in [5, 5.41) is 0. The lowest BCUT2D eigenvalue weighted by atomic mass is 10.2. The second-order valence-electron chi connectivity index (χ2n) is 3.79. The fourth-order valence-electron chi connectivity index (χ4n) is 1.29. The molecule has 0 spiro atoms. The molecule has 1 rings (SSSR count). The van der Waals surface area contributed by atoms with Crippen molar-refractivity contribution in [2.75, 3.05) is 6.54 Å². The normalized spacial score (nSPS) is 12.9. The molecule has 0 fully saturated rings. The van der Waals surface area contributed by atoms with Gasteiger partial charge in [0.25, 0.3) is 0 Å². The summed E-state index contributed by atoms with van der Waals surface area (Å²) in [5.41, 5.74) is 5.70. The average Bonchev–Trinajstić information content (AvgIpc) is 2.22. The van der Waals surface area contributed by atoms with Crippen molar-refractivity contribution in [1.29, 1.82) is 0 Å². The highest BCUT2D eigenvalue weighted by Gasteiger charge is 2.20. The van der Waals surface area contributed by atoms with E-state index in [1.54, 1.807) is 6.92 Å². The molecule has 1 aromatic rings. The van der Waals surface area contributed by atoms with Crippen molar-refractivity contribution >= 4 is 38.4 Å². The molecule has 0 amide bonds. The van der Waals surface area contributed by atoms with E-state index in [0.29, 0.717) is 5.56 Å². The van der Waals surface area contributed by atoms with E-state index in [1.165, 1.54) is 19.1 Å². The molecule has 0 unspecified atom stereocenters. The highest BCUT2D eigenvalue weighted by atomic mass is 79.9. The van der Waals surface area contributed by atoms with E-state index < -0.39 is 15.8 Å². The van der Waals surface area contributed by atoms with Gasteiger partial charge in [-0.2, -0.15) is 0 Å². The summed E-state index contributed by atoms with van der Waals surface area (Å²) in [7, 11) is -3.67. The predicted octanol–water partition coefficient (Wildman–Crippen LogP) is 1.94. The third kappa shape index (κ3) is 4.17. The Morgan fingerprint density at radius 3 is 2.56 bits per heavy atom. The van der Waals surface area contributed by atoms with E-state index in [1.807, 2.05) is 0 Å². The Bertz CT molecular complexity index is 525. The largest absolute Gasteiger partial charge is 0.329 e. The first-order valence-electron chi connectivity index (χ1n) is 4.96. The molecule has 0 saturated carbocycles. The van der Waals surface area contributed by atoms with Crippen LogP contribution in [0.2, 0.25) is 0 Å². The lowest BCUT2D eigenvalue weighted by Crippen LogP contribution is -2.38. The summed E-state index contributed by atoms with van der Waals surface area (Å²) in [5.74, 6) is -0.492. The molecular formula is C10H15BrClFN2O2S. The summed E-state index contributed by atoms with van der Waals surface area (Å²) in [6.07, 6.45) is 0. The van der Waals surface area contributed by atoms with Gasteiger partial charge in [-0.25, -0.2) is 17.5 Å². The monoisotopic (exact) mass is 360 g/mol. The van der Waals surface area contributed by atoms with Crippen molar-refractivity contribution in [3.8, 4) is 0 Å². The molecule has 0 aliphatic heterocycles. The van der Waals surface area contributed by atoms with Crippen molar-refractivity contribution in [2.24, 2.45) is 5.73 Å². The van der Waals surface area contributed by atoms with Gasteiger partial charge < -0.3 is 5.73 Å². The topological polar surface area (TPSA) is 72.2 Å². The number of nitrogens with two attached hydrogens (primary N) is 1. The van der Waals surface area contributed by atoms with Gasteiger partial charge in [0.15, 0.2) is 0 Å². The van der Waals surface area contributed by atoms with Gasteiger partial charge >= 0.3 is 0 Å². The summed E-state index contributed by atoms with van der Waals surface area (Å²) < 4.78 is 39.7. The molecule has 104 valence electrons. The molecular weight excluding hydrogens is 347 g/mol. The smallest absolute Gasteiger partial charge is 0.241 e. The van der Waals surface area contributed by atoms with Gasteiger partial charge in [0, 0.05) is 12.6 Å². The number of benzene rings is 1. The molecule has 8 heteroatoms. The molecule has 0 heterocycles. The van der Waals surface area contributed by atoms with Crippen LogP contribution in [0.3, 0.4) is 0 Å². The fraction of sp³-hybridized carbons (Fsp3) is 0.400. The van der Waals surface area contributed by atoms with Crippen LogP contribution in [0.25, 0.3) is 0 Å². The second kappa shape index (κ2) is 6.81. The van der Waals surface area contributed by atoms with Crippen LogP contribution in [-0.2, 0) is 10.0 Å². The molecule has 0 saturated heterocycles. The summed E-state index contributed by atoms with van der Waals surface area (Å²) in [6, 6.07) is 2.05. The van der Waals surface area contributed by atoms with Crippen molar-refractivity contribution in [3.05, 3.63) is 28.0 Å². The minimum Gasteiger partial charge on any atom is -0.329 e. The van der Waals surface area contributed by atoms with Gasteiger partial charge in [-0.15, -0.1) is 12.4 Å². The number of halogens is 3. The van der Waals surface area contributed by atoms with E-state index in [-0.39, 0.29) is 34.4 Å². The van der Waals surface area contributed by atoms with E-state index in [4.69, 9.17) is 5.73 Å². The zero-order valence-corrected chi connectivity index (χ0v) is 13.1. The maximum absolute atomic E-state index is 13.2. The van der Waals surface area contributed by atoms with Crippen LogP contribution in [0.1, 0.15) is 12.5 Å². The maximum atomic E-state index is 13.2. The molecule has 1 aromatic carbocycles. The zero-order chi connectivity index (χ0) is 13.2. The minimum atomic E-state index is -3.67. The molecule has 0 aliphatic carbocycles. The Kier molecular flexibility index (Phi) is 6.73. The molecule has 4 nitrogen and oxygen atoms in total. The molecule has 3 N–H and O–H groups in total. The first-order valence-corrected chi connectivity index (χ1v) is 7.23. The van der Waals surface area contributed by atoms with Crippen molar-refractivity contribution in [2.45, 2.75) is 24.8 Å². The summed E-state index contributed by atoms with van der Waals surface area (Å²) in [6.45, 7) is 3.39. The Labute approximate surface area is 121 Å². The fourth-order valence-corrected chi connectivity index (χ4v) is 3.30. The molecule has 0 aromatic heterocycles. The van der Waals surface area contributed by atoms with Gasteiger partial charge in [0.2, 0.25) is 10.0 Å². The third-order valence-corrected chi connectivity index (χ3v) is 4.56. The van der Waals surface area contributed by atoms with Gasteiger partial charge in [0.05, 0.1) is 9.37 Å². The Balaban J connectivity index is 0.00000289. The van der Waals surface area contributed by atoms with Gasteiger partial charge in [-0.3, -0.25) is 0 Å². The number of sulfonamides is 1. The zero-order valence-electron chi connectivity index (χ0n) is 9.91. The minimum absolute atomic E-state index is 0. The second-order valence-corrected chi connectivity index (χ2v) is 6.33. The molecule has 0 aliphatic rings. The SMILES string of the molecule is Cc1cc(F)c(Br)cc1S(=O)(=O)N[C@@H](C)CN.Cl. The van der Waals surface area contributed by atoms with Crippen LogP contribution in [0.15, 0.2) is 21.5 Å². The van der Waals surface area contributed by atoms with E-state index >= 15 is 0 Å². The highest BCUT2D eigenvalue weighted by Crippen LogP contribution is 2.23. The summed E-state index contributed by atoms with van der Waals surface area (Å²) in [4.78, 5) is 0.0473. The number of hydrogen-bond donors (Lipinski definition) is 2. The van der Waals surface area contributed by atoms with E-state index in [2.05, 4.69) is 20.7 Å². The van der Waals surface area contributed by atoms with Crippen LogP contribution in [0.5, 0.6) is 0 Å². The van der Waals surface area contributed by atoms with Gasteiger partial charge in [-0.05, 0) is 47.5 Å². The van der Waals surface area contributed by atoms with Crippen molar-refractivity contribution in [3.63, 3.8) is 0 Å². The lowest BCUT2D eigenvalue weighted by Gasteiger charge is -2.14. The van der Waals surface area contributed by atoms with Crippen LogP contribution in [0.4, 0.5) is 4.39 Å². The van der Waals surface area contributed by atoms with Crippen LogP contribution in [-0.4, -0.2) is 21.0 Å². The summed E-state index contributed by atoms with van der Waals surface area (Å²) >= 11 is 2.96. The number of nitrogens with one attached hydrogen (secondary N) is 1.